The Morgan fingerprint density at radius 1 is 1.06 bits per heavy atom. The van der Waals surface area contributed by atoms with Gasteiger partial charge in [0, 0.05) is 11.8 Å². The number of hydrogen-bond donors (Lipinski definition) is 1. The van der Waals surface area contributed by atoms with E-state index in [1.807, 2.05) is 0 Å². The molecule has 2 heterocycles. The molecule has 2 aromatic carbocycles. The summed E-state index contributed by atoms with van der Waals surface area (Å²) in [7, 11) is 0. The second kappa shape index (κ2) is 9.24. The number of nitrogens with one attached hydrogen (secondary N) is 1. The molecule has 0 bridgehead atoms. The smallest absolute Gasteiger partial charge is 0.292 e. The maximum atomic E-state index is 13.8. The number of benzene rings is 2. The second-order valence-corrected chi connectivity index (χ2v) is 7.37. The van der Waals surface area contributed by atoms with Gasteiger partial charge in [-0.15, -0.1) is 0 Å². The highest BCUT2D eigenvalue weighted by atomic mass is 35.5. The predicted octanol–water partition coefficient (Wildman–Crippen LogP) is 5.80. The SMILES string of the molecule is O=C(Nc1nn(Cc2ccccc2F)cc1Cl)c1ccc(COc2ccccc2Cl)o1. The maximum absolute atomic E-state index is 13.8. The molecule has 0 saturated heterocycles. The Morgan fingerprint density at radius 3 is 2.65 bits per heavy atom. The molecule has 4 aromatic rings. The molecule has 0 saturated carbocycles. The number of ether oxygens (including phenoxy) is 1. The van der Waals surface area contributed by atoms with E-state index < -0.39 is 5.91 Å². The first-order valence-corrected chi connectivity index (χ1v) is 9.99. The van der Waals surface area contributed by atoms with Crippen LogP contribution in [-0.4, -0.2) is 15.7 Å². The lowest BCUT2D eigenvalue weighted by atomic mass is 10.2. The molecule has 6 nitrogen and oxygen atoms in total. The number of aromatic nitrogens is 2. The maximum Gasteiger partial charge on any atom is 0.292 e. The van der Waals surface area contributed by atoms with Crippen molar-refractivity contribution in [1.82, 2.24) is 9.78 Å². The van der Waals surface area contributed by atoms with E-state index in [1.54, 1.807) is 48.5 Å². The zero-order valence-electron chi connectivity index (χ0n) is 16.0. The third-order valence-corrected chi connectivity index (χ3v) is 4.92. The van der Waals surface area contributed by atoms with Crippen LogP contribution in [0.4, 0.5) is 10.2 Å². The molecule has 2 aromatic heterocycles. The standard InChI is InChI=1S/C22H16Cl2FN3O3/c23-16-6-2-4-8-19(16)30-13-15-9-10-20(31-15)22(29)26-21-17(24)12-28(27-21)11-14-5-1-3-7-18(14)25/h1-10,12H,11,13H2,(H,26,27,29). The van der Waals surface area contributed by atoms with E-state index in [4.69, 9.17) is 32.4 Å². The first-order chi connectivity index (χ1) is 15.0. The van der Waals surface area contributed by atoms with Gasteiger partial charge >= 0.3 is 0 Å². The van der Waals surface area contributed by atoms with Gasteiger partial charge in [-0.05, 0) is 30.3 Å². The van der Waals surface area contributed by atoms with E-state index in [9.17, 15) is 9.18 Å². The van der Waals surface area contributed by atoms with Crippen molar-refractivity contribution in [2.24, 2.45) is 0 Å². The van der Waals surface area contributed by atoms with Crippen LogP contribution in [0.1, 0.15) is 21.9 Å². The summed E-state index contributed by atoms with van der Waals surface area (Å²) in [6.45, 7) is 0.279. The van der Waals surface area contributed by atoms with Crippen LogP contribution >= 0.6 is 23.2 Å². The van der Waals surface area contributed by atoms with Gasteiger partial charge in [-0.25, -0.2) is 4.39 Å². The van der Waals surface area contributed by atoms with Gasteiger partial charge in [0.25, 0.3) is 5.91 Å². The molecular weight excluding hydrogens is 444 g/mol. The summed E-state index contributed by atoms with van der Waals surface area (Å²) in [4.78, 5) is 12.5. The topological polar surface area (TPSA) is 69.3 Å². The molecule has 0 unspecified atom stereocenters. The molecular formula is C22H16Cl2FN3O3. The number of anilines is 1. The van der Waals surface area contributed by atoms with Gasteiger partial charge in [-0.1, -0.05) is 53.5 Å². The largest absolute Gasteiger partial charge is 0.484 e. The van der Waals surface area contributed by atoms with Gasteiger partial charge < -0.3 is 14.5 Å². The quantitative estimate of drug-likeness (QED) is 0.379. The molecule has 4 rings (SSSR count). The Hall–Kier alpha value is -3.29. The summed E-state index contributed by atoms with van der Waals surface area (Å²) in [5, 5.41) is 7.50. The lowest BCUT2D eigenvalue weighted by molar-refractivity contribution is 0.0992. The van der Waals surface area contributed by atoms with Crippen LogP contribution in [0, 0.1) is 5.82 Å². The summed E-state index contributed by atoms with van der Waals surface area (Å²) < 4.78 is 26.4. The first-order valence-electron chi connectivity index (χ1n) is 9.23. The number of amides is 1. The molecule has 0 atom stereocenters. The number of rotatable bonds is 7. The Balaban J connectivity index is 1.39. The summed E-state index contributed by atoms with van der Waals surface area (Å²) in [6.07, 6.45) is 1.51. The number of para-hydroxylation sites is 1. The Kier molecular flexibility index (Phi) is 6.25. The van der Waals surface area contributed by atoms with E-state index in [-0.39, 0.29) is 35.6 Å². The fraction of sp³-hybridized carbons (Fsp3) is 0.0909. The number of hydrogen-bond acceptors (Lipinski definition) is 4. The number of nitrogens with zero attached hydrogens (tertiary/aromatic N) is 2. The molecule has 1 N–H and O–H groups in total. The van der Waals surface area contributed by atoms with Crippen molar-refractivity contribution in [3.05, 3.63) is 99.8 Å². The first kappa shape index (κ1) is 21.0. The minimum Gasteiger partial charge on any atom is -0.484 e. The van der Waals surface area contributed by atoms with Crippen LogP contribution in [0.25, 0.3) is 0 Å². The molecule has 0 fully saturated rings. The third kappa shape index (κ3) is 5.07. The highest BCUT2D eigenvalue weighted by Gasteiger charge is 2.16. The monoisotopic (exact) mass is 459 g/mol. The Morgan fingerprint density at radius 2 is 1.84 bits per heavy atom. The molecule has 158 valence electrons. The highest BCUT2D eigenvalue weighted by molar-refractivity contribution is 6.33. The van der Waals surface area contributed by atoms with Crippen LogP contribution in [-0.2, 0) is 13.2 Å². The fourth-order valence-corrected chi connectivity index (χ4v) is 3.21. The minimum atomic E-state index is -0.526. The van der Waals surface area contributed by atoms with Crippen molar-refractivity contribution in [3.8, 4) is 5.75 Å². The van der Waals surface area contributed by atoms with Crippen LogP contribution in [0.15, 0.2) is 71.3 Å². The molecule has 31 heavy (non-hydrogen) atoms. The van der Waals surface area contributed by atoms with Crippen molar-refractivity contribution in [1.29, 1.82) is 0 Å². The van der Waals surface area contributed by atoms with Crippen molar-refractivity contribution in [3.63, 3.8) is 0 Å². The number of furan rings is 1. The lowest BCUT2D eigenvalue weighted by Gasteiger charge is -2.05. The highest BCUT2D eigenvalue weighted by Crippen LogP contribution is 2.25. The zero-order valence-corrected chi connectivity index (χ0v) is 17.5. The van der Waals surface area contributed by atoms with Gasteiger partial charge in [-0.2, -0.15) is 5.10 Å². The van der Waals surface area contributed by atoms with Gasteiger partial charge in [0.05, 0.1) is 11.6 Å². The Labute approximate surface area is 187 Å². The second-order valence-electron chi connectivity index (χ2n) is 6.55. The number of carbonyl (C=O) groups is 1. The molecule has 0 aliphatic rings. The van der Waals surface area contributed by atoms with Crippen molar-refractivity contribution in [2.45, 2.75) is 13.2 Å². The Bertz CT molecular complexity index is 1220. The average molecular weight is 460 g/mol. The van der Waals surface area contributed by atoms with Crippen molar-refractivity contribution < 1.29 is 18.3 Å². The zero-order chi connectivity index (χ0) is 21.8. The van der Waals surface area contributed by atoms with E-state index >= 15 is 0 Å². The van der Waals surface area contributed by atoms with E-state index in [0.29, 0.717) is 22.1 Å². The fourth-order valence-electron chi connectivity index (χ4n) is 2.82. The van der Waals surface area contributed by atoms with Crippen molar-refractivity contribution >= 4 is 34.9 Å². The van der Waals surface area contributed by atoms with Gasteiger partial charge in [0.1, 0.15) is 29.0 Å². The predicted molar refractivity (Wildman–Crippen MR) is 115 cm³/mol. The van der Waals surface area contributed by atoms with E-state index in [1.165, 1.54) is 23.0 Å². The number of halogens is 3. The van der Waals surface area contributed by atoms with Crippen molar-refractivity contribution in [2.75, 3.05) is 5.32 Å². The van der Waals surface area contributed by atoms with E-state index in [0.717, 1.165) is 0 Å². The lowest BCUT2D eigenvalue weighted by Crippen LogP contribution is -2.12. The van der Waals surface area contributed by atoms with Crippen LogP contribution in [0.2, 0.25) is 10.0 Å². The molecule has 0 aliphatic heterocycles. The van der Waals surface area contributed by atoms with Crippen LogP contribution in [0.5, 0.6) is 5.75 Å². The van der Waals surface area contributed by atoms with Crippen LogP contribution < -0.4 is 10.1 Å². The summed E-state index contributed by atoms with van der Waals surface area (Å²) in [5.74, 6) is 0.301. The average Bonchev–Trinajstić information content (AvgIpc) is 3.36. The van der Waals surface area contributed by atoms with Gasteiger partial charge in [-0.3, -0.25) is 9.48 Å². The van der Waals surface area contributed by atoms with Gasteiger partial charge in [0.2, 0.25) is 0 Å². The normalized spacial score (nSPS) is 10.8. The molecule has 0 aliphatic carbocycles. The molecule has 0 spiro atoms. The molecule has 9 heteroatoms. The summed E-state index contributed by atoms with van der Waals surface area (Å²) in [6, 6.07) is 16.6. The summed E-state index contributed by atoms with van der Waals surface area (Å²) in [5.41, 5.74) is 0.453. The molecule has 0 radical (unpaired) electrons. The molecule has 1 amide bonds. The number of carbonyl (C=O) groups excluding carboxylic acids is 1. The summed E-state index contributed by atoms with van der Waals surface area (Å²) >= 11 is 12.2. The van der Waals surface area contributed by atoms with Crippen LogP contribution in [0.3, 0.4) is 0 Å². The van der Waals surface area contributed by atoms with Gasteiger partial charge in [0.15, 0.2) is 11.6 Å². The third-order valence-electron chi connectivity index (χ3n) is 4.33. The minimum absolute atomic E-state index is 0.0671. The van der Waals surface area contributed by atoms with E-state index in [2.05, 4.69) is 10.4 Å².